The van der Waals surface area contributed by atoms with Gasteiger partial charge in [0, 0.05) is 17.7 Å². The molecule has 35 heavy (non-hydrogen) atoms. The molecule has 1 aromatic heterocycles. The van der Waals surface area contributed by atoms with Gasteiger partial charge in [-0.3, -0.25) is 4.79 Å². The van der Waals surface area contributed by atoms with E-state index in [1.807, 2.05) is 23.6 Å². The van der Waals surface area contributed by atoms with Crippen molar-refractivity contribution in [2.24, 2.45) is 5.10 Å². The van der Waals surface area contributed by atoms with Crippen LogP contribution in [0.4, 0.5) is 0 Å². The van der Waals surface area contributed by atoms with Gasteiger partial charge in [-0.25, -0.2) is 5.43 Å². The summed E-state index contributed by atoms with van der Waals surface area (Å²) < 4.78 is 22.8. The van der Waals surface area contributed by atoms with E-state index in [-0.39, 0.29) is 28.9 Å². The Balaban J connectivity index is 1.65. The number of carbonyl (C=O) groups excluding carboxylic acids is 1. The van der Waals surface area contributed by atoms with E-state index in [4.69, 9.17) is 18.9 Å². The fourth-order valence-corrected chi connectivity index (χ4v) is 3.99. The van der Waals surface area contributed by atoms with Crippen LogP contribution in [0.25, 0.3) is 11.4 Å². The van der Waals surface area contributed by atoms with Gasteiger partial charge in [0.2, 0.25) is 5.75 Å². The first-order chi connectivity index (χ1) is 16.9. The molecule has 0 saturated heterocycles. The second kappa shape index (κ2) is 12.0. The van der Waals surface area contributed by atoms with Crippen LogP contribution in [0.1, 0.15) is 12.5 Å². The van der Waals surface area contributed by atoms with Gasteiger partial charge in [-0.1, -0.05) is 11.8 Å². The summed E-state index contributed by atoms with van der Waals surface area (Å²) in [5.74, 6) is 1.99. The van der Waals surface area contributed by atoms with E-state index in [1.54, 1.807) is 32.4 Å². The molecule has 0 aliphatic heterocycles. The number of amides is 1. The molecule has 0 atom stereocenters. The van der Waals surface area contributed by atoms with Crippen LogP contribution in [0, 0.1) is 0 Å². The number of ether oxygens (including phenoxy) is 4. The van der Waals surface area contributed by atoms with Crippen LogP contribution in [-0.2, 0) is 11.3 Å². The molecule has 12 heteroatoms. The lowest BCUT2D eigenvalue weighted by molar-refractivity contribution is -0.118. The number of nitrogens with zero attached hydrogens (tertiary/aromatic N) is 4. The number of methoxy groups -OCH3 is 4. The van der Waals surface area contributed by atoms with Crippen molar-refractivity contribution >= 4 is 23.9 Å². The average Bonchev–Trinajstić information content (AvgIpc) is 3.30. The standard InChI is InChI=1S/C23H27N5O6S/c1-6-28-22(15-7-8-16(31-2)17(11-15)32-3)26-27-23(28)35-13-20(29)25-24-12-14-9-18(33-4)21(30)19(10-14)34-5/h7-12,30H,6,13H2,1-5H3,(H,25,29). The number of phenols is 1. The lowest BCUT2D eigenvalue weighted by Gasteiger charge is -2.10. The van der Waals surface area contributed by atoms with E-state index in [0.29, 0.717) is 34.6 Å². The summed E-state index contributed by atoms with van der Waals surface area (Å²) in [6.07, 6.45) is 1.43. The molecule has 0 aliphatic rings. The molecule has 0 spiro atoms. The highest BCUT2D eigenvalue weighted by atomic mass is 32.2. The number of carbonyl (C=O) groups is 1. The van der Waals surface area contributed by atoms with Gasteiger partial charge in [0.1, 0.15) is 0 Å². The average molecular weight is 502 g/mol. The summed E-state index contributed by atoms with van der Waals surface area (Å²) in [6, 6.07) is 8.66. The van der Waals surface area contributed by atoms with Crippen LogP contribution in [-0.4, -0.2) is 66.2 Å². The molecule has 1 amide bonds. The zero-order valence-electron chi connectivity index (χ0n) is 20.1. The second-order valence-corrected chi connectivity index (χ2v) is 7.92. The molecule has 0 fully saturated rings. The van der Waals surface area contributed by atoms with Gasteiger partial charge in [-0.15, -0.1) is 10.2 Å². The minimum Gasteiger partial charge on any atom is -0.502 e. The van der Waals surface area contributed by atoms with Crippen molar-refractivity contribution in [3.63, 3.8) is 0 Å². The fourth-order valence-electron chi connectivity index (χ4n) is 3.20. The first-order valence-electron chi connectivity index (χ1n) is 10.5. The van der Waals surface area contributed by atoms with Gasteiger partial charge < -0.3 is 28.6 Å². The summed E-state index contributed by atoms with van der Waals surface area (Å²) in [5.41, 5.74) is 3.87. The number of phenolic OH excluding ortho intramolecular Hbond substituents is 1. The Morgan fingerprint density at radius 2 is 1.69 bits per heavy atom. The second-order valence-electron chi connectivity index (χ2n) is 6.98. The molecule has 1 heterocycles. The molecule has 3 aromatic rings. The lowest BCUT2D eigenvalue weighted by Crippen LogP contribution is -2.20. The topological polar surface area (TPSA) is 129 Å². The molecule has 11 nitrogen and oxygen atoms in total. The Kier molecular flexibility index (Phi) is 8.79. The van der Waals surface area contributed by atoms with Gasteiger partial charge in [0.05, 0.1) is 40.4 Å². The van der Waals surface area contributed by atoms with Gasteiger partial charge in [0.15, 0.2) is 34.0 Å². The number of aromatic hydroxyl groups is 1. The largest absolute Gasteiger partial charge is 0.502 e. The number of hydrazone groups is 1. The predicted octanol–water partition coefficient (Wildman–Crippen LogP) is 2.95. The smallest absolute Gasteiger partial charge is 0.250 e. The number of rotatable bonds is 11. The monoisotopic (exact) mass is 501 g/mol. The van der Waals surface area contributed by atoms with Crippen molar-refractivity contribution in [3.05, 3.63) is 35.9 Å². The van der Waals surface area contributed by atoms with Crippen LogP contribution >= 0.6 is 11.8 Å². The molecule has 2 aromatic carbocycles. The third kappa shape index (κ3) is 5.96. The van der Waals surface area contributed by atoms with Crippen LogP contribution < -0.4 is 24.4 Å². The third-order valence-electron chi connectivity index (χ3n) is 4.91. The SMILES string of the molecule is CCn1c(SCC(=O)NN=Cc2cc(OC)c(O)c(OC)c2)nnc1-c1ccc(OC)c(OC)c1. The first-order valence-corrected chi connectivity index (χ1v) is 11.5. The van der Waals surface area contributed by atoms with Crippen molar-refractivity contribution in [2.45, 2.75) is 18.6 Å². The molecule has 0 radical (unpaired) electrons. The Bertz CT molecular complexity index is 1190. The molecule has 0 bridgehead atoms. The van der Waals surface area contributed by atoms with E-state index in [9.17, 15) is 9.90 Å². The summed E-state index contributed by atoms with van der Waals surface area (Å²) in [7, 11) is 6.01. The maximum absolute atomic E-state index is 12.3. The van der Waals surface area contributed by atoms with Crippen molar-refractivity contribution < 1.29 is 28.8 Å². The van der Waals surface area contributed by atoms with E-state index >= 15 is 0 Å². The minimum absolute atomic E-state index is 0.0869. The number of benzene rings is 2. The maximum Gasteiger partial charge on any atom is 0.250 e. The predicted molar refractivity (Wildman–Crippen MR) is 132 cm³/mol. The molecule has 0 unspecified atom stereocenters. The maximum atomic E-state index is 12.3. The lowest BCUT2D eigenvalue weighted by atomic mass is 10.2. The summed E-state index contributed by atoms with van der Waals surface area (Å²) in [4.78, 5) is 12.3. The Morgan fingerprint density at radius 3 is 2.29 bits per heavy atom. The third-order valence-corrected chi connectivity index (χ3v) is 5.88. The number of nitrogens with one attached hydrogen (secondary N) is 1. The van der Waals surface area contributed by atoms with Crippen LogP contribution in [0.5, 0.6) is 28.7 Å². The molecule has 3 rings (SSSR count). The van der Waals surface area contributed by atoms with Gasteiger partial charge in [-0.05, 0) is 37.3 Å². The quantitative estimate of drug-likeness (QED) is 0.231. The summed E-state index contributed by atoms with van der Waals surface area (Å²) >= 11 is 1.25. The zero-order valence-corrected chi connectivity index (χ0v) is 20.9. The number of hydrogen-bond donors (Lipinski definition) is 2. The van der Waals surface area contributed by atoms with Gasteiger partial charge >= 0.3 is 0 Å². The summed E-state index contributed by atoms with van der Waals surface area (Å²) in [5, 5.41) is 23.1. The van der Waals surface area contributed by atoms with Crippen LogP contribution in [0.3, 0.4) is 0 Å². The summed E-state index contributed by atoms with van der Waals surface area (Å²) in [6.45, 7) is 2.59. The number of hydrogen-bond acceptors (Lipinski definition) is 10. The van der Waals surface area contributed by atoms with E-state index in [2.05, 4.69) is 20.7 Å². The molecule has 0 aliphatic carbocycles. The molecular formula is C23H27N5O6S. The number of thioether (sulfide) groups is 1. The van der Waals surface area contributed by atoms with Crippen molar-refractivity contribution in [2.75, 3.05) is 34.2 Å². The molecular weight excluding hydrogens is 474 g/mol. The molecule has 2 N–H and O–H groups in total. The Hall–Kier alpha value is -3.93. The normalized spacial score (nSPS) is 10.9. The minimum atomic E-state index is -0.317. The molecule has 0 saturated carbocycles. The van der Waals surface area contributed by atoms with Gasteiger partial charge in [-0.2, -0.15) is 5.10 Å². The van der Waals surface area contributed by atoms with Crippen molar-refractivity contribution in [1.29, 1.82) is 0 Å². The van der Waals surface area contributed by atoms with Crippen LogP contribution in [0.15, 0.2) is 40.6 Å². The molecule has 186 valence electrons. The van der Waals surface area contributed by atoms with E-state index in [1.165, 1.54) is 32.2 Å². The number of aromatic nitrogens is 3. The van der Waals surface area contributed by atoms with E-state index < -0.39 is 0 Å². The highest BCUT2D eigenvalue weighted by Gasteiger charge is 2.16. The zero-order chi connectivity index (χ0) is 25.4. The first kappa shape index (κ1) is 25.7. The Morgan fingerprint density at radius 1 is 1.03 bits per heavy atom. The van der Waals surface area contributed by atoms with Crippen LogP contribution in [0.2, 0.25) is 0 Å². The highest BCUT2D eigenvalue weighted by molar-refractivity contribution is 7.99. The van der Waals surface area contributed by atoms with Gasteiger partial charge in [0.25, 0.3) is 5.91 Å². The Labute approximate surface area is 207 Å². The highest BCUT2D eigenvalue weighted by Crippen LogP contribution is 2.36. The van der Waals surface area contributed by atoms with Crippen molar-refractivity contribution in [3.8, 4) is 40.1 Å². The fraction of sp³-hybridized carbons (Fsp3) is 0.304. The van der Waals surface area contributed by atoms with Crippen molar-refractivity contribution in [1.82, 2.24) is 20.2 Å². The van der Waals surface area contributed by atoms with E-state index in [0.717, 1.165) is 5.56 Å².